The summed E-state index contributed by atoms with van der Waals surface area (Å²) in [6.45, 7) is 1.80. The largest absolute Gasteiger partial charge is 0.497 e. The fraction of sp³-hybridized carbons (Fsp3) is 0.158. The minimum absolute atomic E-state index is 0.137. The second-order valence-electron chi connectivity index (χ2n) is 5.60. The summed E-state index contributed by atoms with van der Waals surface area (Å²) >= 11 is 6.08. The van der Waals surface area contributed by atoms with Gasteiger partial charge >= 0.3 is 0 Å². The SMILES string of the molecule is COc1ccc(OC)c(NC(=O)c2coc3cc(C)c(Cl)cc3c2=O)c1. The van der Waals surface area contributed by atoms with E-state index in [1.165, 1.54) is 20.3 Å². The Kier molecular flexibility index (Phi) is 4.86. The molecule has 1 heterocycles. The lowest BCUT2D eigenvalue weighted by Crippen LogP contribution is -2.21. The van der Waals surface area contributed by atoms with Crippen molar-refractivity contribution in [3.8, 4) is 11.5 Å². The number of methoxy groups -OCH3 is 2. The third-order valence-corrected chi connectivity index (χ3v) is 4.36. The average Bonchev–Trinajstić information content (AvgIpc) is 2.63. The van der Waals surface area contributed by atoms with Gasteiger partial charge in [0.1, 0.15) is 28.9 Å². The van der Waals surface area contributed by atoms with Crippen LogP contribution >= 0.6 is 11.6 Å². The molecule has 0 aliphatic rings. The summed E-state index contributed by atoms with van der Waals surface area (Å²) in [6, 6.07) is 8.11. The van der Waals surface area contributed by atoms with Crippen LogP contribution in [0.5, 0.6) is 11.5 Å². The van der Waals surface area contributed by atoms with Gasteiger partial charge in [0, 0.05) is 11.1 Å². The van der Waals surface area contributed by atoms with Crippen LogP contribution in [0.1, 0.15) is 15.9 Å². The van der Waals surface area contributed by atoms with Crippen LogP contribution in [0, 0.1) is 6.92 Å². The first kappa shape index (κ1) is 17.8. The molecule has 2 aromatic carbocycles. The molecule has 1 N–H and O–H groups in total. The fourth-order valence-corrected chi connectivity index (χ4v) is 2.67. The third-order valence-electron chi connectivity index (χ3n) is 3.95. The number of fused-ring (bicyclic) bond motifs is 1. The van der Waals surface area contributed by atoms with E-state index < -0.39 is 11.3 Å². The number of aryl methyl sites for hydroxylation is 1. The number of nitrogens with one attached hydrogen (secondary N) is 1. The number of benzene rings is 2. The highest BCUT2D eigenvalue weighted by molar-refractivity contribution is 6.32. The smallest absolute Gasteiger partial charge is 0.262 e. The van der Waals surface area contributed by atoms with Crippen molar-refractivity contribution in [2.24, 2.45) is 0 Å². The van der Waals surface area contributed by atoms with Crippen LogP contribution in [0.3, 0.4) is 0 Å². The molecule has 0 atom stereocenters. The van der Waals surface area contributed by atoms with Crippen molar-refractivity contribution in [3.05, 3.63) is 63.0 Å². The van der Waals surface area contributed by atoms with Crippen LogP contribution in [-0.2, 0) is 0 Å². The predicted molar refractivity (Wildman–Crippen MR) is 99.7 cm³/mol. The third kappa shape index (κ3) is 3.23. The molecule has 134 valence electrons. The number of carbonyl (C=O) groups excluding carboxylic acids is 1. The Morgan fingerprint density at radius 2 is 1.92 bits per heavy atom. The number of halogens is 1. The zero-order chi connectivity index (χ0) is 18.8. The number of hydrogen-bond acceptors (Lipinski definition) is 5. The highest BCUT2D eigenvalue weighted by Gasteiger charge is 2.17. The predicted octanol–water partition coefficient (Wildman–Crippen LogP) is 4.02. The van der Waals surface area contributed by atoms with Crippen LogP contribution < -0.4 is 20.2 Å². The number of amides is 1. The molecule has 0 aliphatic carbocycles. The van der Waals surface area contributed by atoms with Gasteiger partial charge < -0.3 is 19.2 Å². The molecule has 0 aliphatic heterocycles. The number of rotatable bonds is 4. The van der Waals surface area contributed by atoms with Crippen LogP contribution in [0.25, 0.3) is 11.0 Å². The second kappa shape index (κ2) is 7.09. The van der Waals surface area contributed by atoms with Crippen molar-refractivity contribution in [3.63, 3.8) is 0 Å². The zero-order valence-corrected chi connectivity index (χ0v) is 15.1. The van der Waals surface area contributed by atoms with Gasteiger partial charge in [-0.15, -0.1) is 0 Å². The Morgan fingerprint density at radius 1 is 1.15 bits per heavy atom. The van der Waals surface area contributed by atoms with Crippen molar-refractivity contribution in [2.75, 3.05) is 19.5 Å². The number of anilines is 1. The molecule has 6 nitrogen and oxygen atoms in total. The molecule has 3 rings (SSSR count). The van der Waals surface area contributed by atoms with Gasteiger partial charge in [-0.05, 0) is 36.8 Å². The first-order valence-corrected chi connectivity index (χ1v) is 8.07. The standard InChI is InChI=1S/C19H16ClNO5/c1-10-6-17-12(8-14(10)20)18(22)13(9-26-17)19(23)21-15-7-11(24-2)4-5-16(15)25-3/h4-9H,1-3H3,(H,21,23). The normalized spacial score (nSPS) is 10.6. The topological polar surface area (TPSA) is 77.8 Å². The molecular weight excluding hydrogens is 358 g/mol. The van der Waals surface area contributed by atoms with E-state index in [0.29, 0.717) is 27.8 Å². The average molecular weight is 374 g/mol. The molecule has 0 radical (unpaired) electrons. The van der Waals surface area contributed by atoms with Crippen molar-refractivity contribution in [1.29, 1.82) is 0 Å². The number of ether oxygens (including phenoxy) is 2. The summed E-state index contributed by atoms with van der Waals surface area (Å²) < 4.78 is 15.8. The highest BCUT2D eigenvalue weighted by Crippen LogP contribution is 2.29. The Balaban J connectivity index is 2.02. The van der Waals surface area contributed by atoms with Gasteiger partial charge in [-0.1, -0.05) is 11.6 Å². The molecule has 1 amide bonds. The van der Waals surface area contributed by atoms with Crippen molar-refractivity contribution < 1.29 is 18.7 Å². The lowest BCUT2D eigenvalue weighted by molar-refractivity contribution is 0.102. The van der Waals surface area contributed by atoms with E-state index in [9.17, 15) is 9.59 Å². The lowest BCUT2D eigenvalue weighted by atomic mass is 10.1. The van der Waals surface area contributed by atoms with E-state index in [-0.39, 0.29) is 10.9 Å². The van der Waals surface area contributed by atoms with Crippen LogP contribution in [0.4, 0.5) is 5.69 Å². The van der Waals surface area contributed by atoms with E-state index in [2.05, 4.69) is 5.32 Å². The Labute approximate surface area is 154 Å². The Hall–Kier alpha value is -2.99. The maximum atomic E-state index is 12.7. The molecular formula is C19H16ClNO5. The summed E-state index contributed by atoms with van der Waals surface area (Å²) in [5, 5.41) is 3.32. The van der Waals surface area contributed by atoms with E-state index in [1.54, 1.807) is 31.2 Å². The molecule has 0 saturated carbocycles. The maximum absolute atomic E-state index is 12.7. The van der Waals surface area contributed by atoms with Gasteiger partial charge in [-0.2, -0.15) is 0 Å². The highest BCUT2D eigenvalue weighted by atomic mass is 35.5. The molecule has 0 saturated heterocycles. The summed E-state index contributed by atoms with van der Waals surface area (Å²) in [7, 11) is 2.99. The first-order valence-electron chi connectivity index (χ1n) is 7.69. The molecule has 7 heteroatoms. The number of carbonyl (C=O) groups is 1. The summed E-state index contributed by atoms with van der Waals surface area (Å²) in [4.78, 5) is 25.3. The molecule has 0 bridgehead atoms. The molecule has 26 heavy (non-hydrogen) atoms. The van der Waals surface area contributed by atoms with Crippen molar-refractivity contribution >= 4 is 34.2 Å². The molecule has 1 aromatic heterocycles. The van der Waals surface area contributed by atoms with E-state index in [0.717, 1.165) is 11.8 Å². The van der Waals surface area contributed by atoms with Crippen LogP contribution in [-0.4, -0.2) is 20.1 Å². The van der Waals surface area contributed by atoms with Gasteiger partial charge in [0.05, 0.1) is 25.3 Å². The molecule has 0 fully saturated rings. The minimum atomic E-state index is -0.621. The fourth-order valence-electron chi connectivity index (χ4n) is 2.51. The van der Waals surface area contributed by atoms with Crippen LogP contribution in [0.2, 0.25) is 5.02 Å². The quantitative estimate of drug-likeness (QED) is 0.747. The van der Waals surface area contributed by atoms with Gasteiger partial charge in [0.2, 0.25) is 5.43 Å². The van der Waals surface area contributed by atoms with Crippen molar-refractivity contribution in [2.45, 2.75) is 6.92 Å². The first-order chi connectivity index (χ1) is 12.4. The van der Waals surface area contributed by atoms with Gasteiger partial charge in [0.15, 0.2) is 0 Å². The van der Waals surface area contributed by atoms with Crippen LogP contribution in [0.15, 0.2) is 45.8 Å². The zero-order valence-electron chi connectivity index (χ0n) is 14.4. The summed E-state index contributed by atoms with van der Waals surface area (Å²) in [6.07, 6.45) is 1.14. The molecule has 0 spiro atoms. The van der Waals surface area contributed by atoms with Gasteiger partial charge in [-0.25, -0.2) is 0 Å². The summed E-state index contributed by atoms with van der Waals surface area (Å²) in [5.74, 6) is 0.348. The summed E-state index contributed by atoms with van der Waals surface area (Å²) in [5.41, 5.74) is 0.918. The van der Waals surface area contributed by atoms with E-state index in [4.69, 9.17) is 25.5 Å². The van der Waals surface area contributed by atoms with Gasteiger partial charge in [0.25, 0.3) is 5.91 Å². The van der Waals surface area contributed by atoms with Crippen molar-refractivity contribution in [1.82, 2.24) is 0 Å². The molecule has 0 unspecified atom stereocenters. The number of hydrogen-bond donors (Lipinski definition) is 1. The second-order valence-corrected chi connectivity index (χ2v) is 6.00. The Bertz CT molecular complexity index is 1060. The van der Waals surface area contributed by atoms with E-state index in [1.807, 2.05) is 0 Å². The van der Waals surface area contributed by atoms with E-state index >= 15 is 0 Å². The Morgan fingerprint density at radius 3 is 2.62 bits per heavy atom. The van der Waals surface area contributed by atoms with Gasteiger partial charge in [-0.3, -0.25) is 9.59 Å². The molecule has 3 aromatic rings. The lowest BCUT2D eigenvalue weighted by Gasteiger charge is -2.11. The maximum Gasteiger partial charge on any atom is 0.262 e. The monoisotopic (exact) mass is 373 g/mol. The minimum Gasteiger partial charge on any atom is -0.497 e.